The lowest BCUT2D eigenvalue weighted by Crippen LogP contribution is -1.99. The minimum atomic E-state index is 0.276. The lowest BCUT2D eigenvalue weighted by Gasteiger charge is -1.99. The SMILES string of the molecule is CCNc1ccnc(Cl)n1. The minimum absolute atomic E-state index is 0.276. The van der Waals surface area contributed by atoms with E-state index in [-0.39, 0.29) is 5.28 Å². The summed E-state index contributed by atoms with van der Waals surface area (Å²) in [4.78, 5) is 7.64. The number of hydrogen-bond donors (Lipinski definition) is 1. The highest BCUT2D eigenvalue weighted by atomic mass is 35.5. The second kappa shape index (κ2) is 3.37. The van der Waals surface area contributed by atoms with Crippen molar-refractivity contribution in [3.63, 3.8) is 0 Å². The van der Waals surface area contributed by atoms with E-state index in [0.717, 1.165) is 12.4 Å². The maximum absolute atomic E-state index is 5.52. The quantitative estimate of drug-likeness (QED) is 0.663. The zero-order valence-electron chi connectivity index (χ0n) is 5.63. The fourth-order valence-electron chi connectivity index (χ4n) is 0.614. The monoisotopic (exact) mass is 157 g/mol. The largest absolute Gasteiger partial charge is 0.370 e. The van der Waals surface area contributed by atoms with Crippen molar-refractivity contribution in [2.24, 2.45) is 0 Å². The average Bonchev–Trinajstić information content (AvgIpc) is 1.88. The molecule has 1 aromatic heterocycles. The molecule has 0 saturated heterocycles. The van der Waals surface area contributed by atoms with Gasteiger partial charge in [-0.25, -0.2) is 9.97 Å². The summed E-state index contributed by atoms with van der Waals surface area (Å²) in [5, 5.41) is 3.29. The van der Waals surface area contributed by atoms with E-state index < -0.39 is 0 Å². The third-order valence-electron chi connectivity index (χ3n) is 0.984. The molecule has 10 heavy (non-hydrogen) atoms. The van der Waals surface area contributed by atoms with E-state index in [4.69, 9.17) is 11.6 Å². The van der Waals surface area contributed by atoms with Crippen LogP contribution in [-0.2, 0) is 0 Å². The summed E-state index contributed by atoms with van der Waals surface area (Å²) < 4.78 is 0. The van der Waals surface area contributed by atoms with Gasteiger partial charge in [0.25, 0.3) is 0 Å². The molecule has 4 heteroatoms. The van der Waals surface area contributed by atoms with Crippen LogP contribution in [0.2, 0.25) is 5.28 Å². The summed E-state index contributed by atoms with van der Waals surface area (Å²) in [6, 6.07) is 1.77. The first kappa shape index (κ1) is 7.28. The van der Waals surface area contributed by atoms with E-state index in [1.807, 2.05) is 6.92 Å². The second-order valence-corrected chi connectivity index (χ2v) is 2.08. The molecule has 0 spiro atoms. The highest BCUT2D eigenvalue weighted by Gasteiger charge is 1.91. The summed E-state index contributed by atoms with van der Waals surface area (Å²) in [6.07, 6.45) is 1.62. The van der Waals surface area contributed by atoms with Crippen LogP contribution >= 0.6 is 11.6 Å². The fraction of sp³-hybridized carbons (Fsp3) is 0.333. The zero-order chi connectivity index (χ0) is 7.40. The molecule has 3 nitrogen and oxygen atoms in total. The van der Waals surface area contributed by atoms with Crippen LogP contribution in [0.15, 0.2) is 12.3 Å². The molecule has 1 N–H and O–H groups in total. The van der Waals surface area contributed by atoms with Crippen molar-refractivity contribution >= 4 is 17.4 Å². The standard InChI is InChI=1S/C6H8ClN3/c1-2-8-5-3-4-9-6(7)10-5/h3-4H,2H2,1H3,(H,8,9,10). The molecule has 0 aliphatic heterocycles. The molecule has 1 aromatic rings. The van der Waals surface area contributed by atoms with Gasteiger partial charge in [-0.05, 0) is 24.6 Å². The molecular formula is C6H8ClN3. The van der Waals surface area contributed by atoms with Crippen LogP contribution in [0, 0.1) is 0 Å². The normalized spacial score (nSPS) is 9.40. The molecular weight excluding hydrogens is 150 g/mol. The first-order valence-corrected chi connectivity index (χ1v) is 3.43. The highest BCUT2D eigenvalue weighted by Crippen LogP contribution is 2.04. The Bertz CT molecular complexity index is 214. The van der Waals surface area contributed by atoms with Crippen LogP contribution in [0.25, 0.3) is 0 Å². The van der Waals surface area contributed by atoms with Gasteiger partial charge in [-0.2, -0.15) is 0 Å². The maximum Gasteiger partial charge on any atom is 0.224 e. The number of anilines is 1. The molecule has 0 aromatic carbocycles. The Morgan fingerprint density at radius 2 is 2.50 bits per heavy atom. The number of nitrogens with zero attached hydrogens (tertiary/aromatic N) is 2. The Hall–Kier alpha value is -0.830. The molecule has 0 radical (unpaired) electrons. The van der Waals surface area contributed by atoms with Gasteiger partial charge in [0.15, 0.2) is 0 Å². The Labute approximate surface area is 64.5 Å². The van der Waals surface area contributed by atoms with Crippen molar-refractivity contribution in [1.29, 1.82) is 0 Å². The third-order valence-corrected chi connectivity index (χ3v) is 1.17. The summed E-state index contributed by atoms with van der Waals surface area (Å²) in [5.41, 5.74) is 0. The van der Waals surface area contributed by atoms with Gasteiger partial charge < -0.3 is 5.32 Å². The molecule has 0 fully saturated rings. The van der Waals surface area contributed by atoms with E-state index in [1.54, 1.807) is 12.3 Å². The van der Waals surface area contributed by atoms with Crippen LogP contribution in [0.4, 0.5) is 5.82 Å². The first-order valence-electron chi connectivity index (χ1n) is 3.05. The molecule has 1 rings (SSSR count). The average molecular weight is 158 g/mol. The van der Waals surface area contributed by atoms with E-state index in [0.29, 0.717) is 0 Å². The van der Waals surface area contributed by atoms with Crippen molar-refractivity contribution in [3.8, 4) is 0 Å². The van der Waals surface area contributed by atoms with Gasteiger partial charge >= 0.3 is 0 Å². The Morgan fingerprint density at radius 1 is 1.70 bits per heavy atom. The predicted molar refractivity (Wildman–Crippen MR) is 41.2 cm³/mol. The maximum atomic E-state index is 5.52. The molecule has 0 aliphatic carbocycles. The van der Waals surface area contributed by atoms with Gasteiger partial charge in [0, 0.05) is 12.7 Å². The smallest absolute Gasteiger partial charge is 0.224 e. The number of rotatable bonds is 2. The van der Waals surface area contributed by atoms with Gasteiger partial charge in [0.1, 0.15) is 5.82 Å². The van der Waals surface area contributed by atoms with E-state index in [1.165, 1.54) is 0 Å². The predicted octanol–water partition coefficient (Wildman–Crippen LogP) is 1.56. The fourth-order valence-corrected chi connectivity index (χ4v) is 0.762. The Kier molecular flexibility index (Phi) is 2.45. The molecule has 54 valence electrons. The summed E-state index contributed by atoms with van der Waals surface area (Å²) in [5.74, 6) is 0.766. The van der Waals surface area contributed by atoms with Gasteiger partial charge in [0.05, 0.1) is 0 Å². The van der Waals surface area contributed by atoms with Crippen molar-refractivity contribution in [2.75, 3.05) is 11.9 Å². The van der Waals surface area contributed by atoms with Gasteiger partial charge in [-0.15, -0.1) is 0 Å². The number of aromatic nitrogens is 2. The molecule has 1 heterocycles. The topological polar surface area (TPSA) is 37.8 Å². The number of halogens is 1. The Balaban J connectivity index is 2.75. The lowest BCUT2D eigenvalue weighted by molar-refractivity contribution is 1.11. The summed E-state index contributed by atoms with van der Waals surface area (Å²) >= 11 is 5.52. The lowest BCUT2D eigenvalue weighted by atomic mass is 10.6. The van der Waals surface area contributed by atoms with E-state index >= 15 is 0 Å². The molecule has 0 unspecified atom stereocenters. The summed E-state index contributed by atoms with van der Waals surface area (Å²) in [7, 11) is 0. The van der Waals surface area contributed by atoms with Gasteiger partial charge in [-0.1, -0.05) is 0 Å². The van der Waals surface area contributed by atoms with Crippen molar-refractivity contribution in [1.82, 2.24) is 9.97 Å². The molecule has 0 saturated carbocycles. The zero-order valence-corrected chi connectivity index (χ0v) is 6.39. The third kappa shape index (κ3) is 1.84. The van der Waals surface area contributed by atoms with Crippen LogP contribution < -0.4 is 5.32 Å². The van der Waals surface area contributed by atoms with E-state index in [2.05, 4.69) is 15.3 Å². The Morgan fingerprint density at radius 3 is 3.10 bits per heavy atom. The van der Waals surface area contributed by atoms with Crippen molar-refractivity contribution in [3.05, 3.63) is 17.5 Å². The first-order chi connectivity index (χ1) is 4.83. The number of hydrogen-bond acceptors (Lipinski definition) is 3. The van der Waals surface area contributed by atoms with E-state index in [9.17, 15) is 0 Å². The molecule has 0 aliphatic rings. The second-order valence-electron chi connectivity index (χ2n) is 1.74. The minimum Gasteiger partial charge on any atom is -0.370 e. The van der Waals surface area contributed by atoms with Crippen LogP contribution in [0.1, 0.15) is 6.92 Å². The van der Waals surface area contributed by atoms with Crippen LogP contribution in [-0.4, -0.2) is 16.5 Å². The summed E-state index contributed by atoms with van der Waals surface area (Å²) in [6.45, 7) is 2.84. The van der Waals surface area contributed by atoms with Crippen molar-refractivity contribution in [2.45, 2.75) is 6.92 Å². The molecule has 0 amide bonds. The van der Waals surface area contributed by atoms with Crippen LogP contribution in [0.5, 0.6) is 0 Å². The van der Waals surface area contributed by atoms with Crippen molar-refractivity contribution < 1.29 is 0 Å². The highest BCUT2D eigenvalue weighted by molar-refractivity contribution is 6.28. The van der Waals surface area contributed by atoms with Gasteiger partial charge in [-0.3, -0.25) is 0 Å². The molecule has 0 bridgehead atoms. The number of nitrogens with one attached hydrogen (secondary N) is 1. The van der Waals surface area contributed by atoms with Crippen LogP contribution in [0.3, 0.4) is 0 Å². The molecule has 0 atom stereocenters. The van der Waals surface area contributed by atoms with Gasteiger partial charge in [0.2, 0.25) is 5.28 Å².